The lowest BCUT2D eigenvalue weighted by Gasteiger charge is -2.33. The van der Waals surface area contributed by atoms with Gasteiger partial charge >= 0.3 is 6.18 Å². The number of nitrogens with one attached hydrogen (secondary N) is 1. The summed E-state index contributed by atoms with van der Waals surface area (Å²) in [6, 6.07) is 11.3. The van der Waals surface area contributed by atoms with E-state index < -0.39 is 24.4 Å². The van der Waals surface area contributed by atoms with Crippen LogP contribution in [-0.2, 0) is 6.54 Å². The molecule has 1 N–H and O–H groups in total. The molecular weight excluding hydrogens is 621 g/mol. The van der Waals surface area contributed by atoms with Crippen molar-refractivity contribution in [2.24, 2.45) is 0 Å². The second-order valence-electron chi connectivity index (χ2n) is 11.2. The molecular formula is C33H32F5N7O2. The maximum Gasteiger partial charge on any atom is 0.401 e. The maximum absolute atomic E-state index is 15.0. The van der Waals surface area contributed by atoms with Gasteiger partial charge in [0.05, 0.1) is 44.2 Å². The number of pyridine rings is 1. The first-order valence-electron chi connectivity index (χ1n) is 15.1. The Morgan fingerprint density at radius 2 is 1.77 bits per heavy atom. The molecule has 4 heterocycles. The fourth-order valence-corrected chi connectivity index (χ4v) is 5.88. The highest BCUT2D eigenvalue weighted by atomic mass is 19.4. The Kier molecular flexibility index (Phi) is 9.21. The summed E-state index contributed by atoms with van der Waals surface area (Å²) in [6.45, 7) is 1.40. The topological polar surface area (TPSA) is 90.2 Å². The smallest absolute Gasteiger partial charge is 0.401 e. The Labute approximate surface area is 267 Å². The van der Waals surface area contributed by atoms with E-state index in [1.165, 1.54) is 16.7 Å². The predicted molar refractivity (Wildman–Crippen MR) is 166 cm³/mol. The van der Waals surface area contributed by atoms with Crippen molar-refractivity contribution in [2.45, 2.75) is 38.4 Å². The molecule has 2 aromatic carbocycles. The number of methoxy groups -OCH3 is 1. The van der Waals surface area contributed by atoms with Gasteiger partial charge in [-0.25, -0.2) is 18.7 Å². The highest BCUT2D eigenvalue weighted by Crippen LogP contribution is 2.37. The second kappa shape index (κ2) is 13.5. The number of para-hydroxylation sites is 1. The third-order valence-corrected chi connectivity index (χ3v) is 8.11. The van der Waals surface area contributed by atoms with Gasteiger partial charge in [0.15, 0.2) is 11.6 Å². The predicted octanol–water partition coefficient (Wildman–Crippen LogP) is 7.11. The van der Waals surface area contributed by atoms with Crippen molar-refractivity contribution >= 4 is 22.4 Å². The van der Waals surface area contributed by atoms with Gasteiger partial charge in [0, 0.05) is 41.0 Å². The van der Waals surface area contributed by atoms with Crippen LogP contribution < -0.4 is 14.8 Å². The summed E-state index contributed by atoms with van der Waals surface area (Å²) in [5.74, 6) is -0.361. The van der Waals surface area contributed by atoms with Crippen molar-refractivity contribution in [1.29, 1.82) is 0 Å². The average molecular weight is 654 g/mol. The minimum absolute atomic E-state index is 0.0997. The molecule has 246 valence electrons. The molecule has 47 heavy (non-hydrogen) atoms. The van der Waals surface area contributed by atoms with Gasteiger partial charge < -0.3 is 14.8 Å². The molecule has 0 spiro atoms. The van der Waals surface area contributed by atoms with Crippen molar-refractivity contribution in [2.75, 3.05) is 38.7 Å². The fourth-order valence-electron chi connectivity index (χ4n) is 5.88. The summed E-state index contributed by atoms with van der Waals surface area (Å²) in [5, 5.41) is 8.70. The van der Waals surface area contributed by atoms with Crippen LogP contribution >= 0.6 is 0 Å². The zero-order chi connectivity index (χ0) is 33.1. The number of fused-ring (bicyclic) bond motifs is 1. The zero-order valence-electron chi connectivity index (χ0n) is 25.7. The van der Waals surface area contributed by atoms with Crippen LogP contribution in [0.25, 0.3) is 22.4 Å². The van der Waals surface area contributed by atoms with Gasteiger partial charge in [-0.05, 0) is 50.9 Å². The normalized spacial score (nSPS) is 14.4. The lowest BCUT2D eigenvalue weighted by Crippen LogP contribution is -2.39. The second-order valence-corrected chi connectivity index (χ2v) is 11.2. The molecule has 0 radical (unpaired) electrons. The summed E-state index contributed by atoms with van der Waals surface area (Å²) in [4.78, 5) is 15.0. The van der Waals surface area contributed by atoms with Crippen LogP contribution in [0.1, 0.15) is 36.8 Å². The Hall–Kier alpha value is -4.85. The number of benzene rings is 2. The summed E-state index contributed by atoms with van der Waals surface area (Å²) in [6.07, 6.45) is 1.51. The Morgan fingerprint density at radius 1 is 1.02 bits per heavy atom. The van der Waals surface area contributed by atoms with Crippen molar-refractivity contribution in [3.8, 4) is 23.0 Å². The van der Waals surface area contributed by atoms with E-state index in [1.807, 2.05) is 12.1 Å². The van der Waals surface area contributed by atoms with E-state index in [0.717, 1.165) is 17.7 Å². The first kappa shape index (κ1) is 32.1. The van der Waals surface area contributed by atoms with E-state index in [9.17, 15) is 13.2 Å². The van der Waals surface area contributed by atoms with Crippen LogP contribution in [0, 0.1) is 11.6 Å². The minimum Gasteiger partial charge on any atom is -0.494 e. The van der Waals surface area contributed by atoms with Crippen LogP contribution in [0.2, 0.25) is 0 Å². The molecule has 6 rings (SSSR count). The zero-order valence-corrected chi connectivity index (χ0v) is 25.7. The number of rotatable bonds is 10. The summed E-state index contributed by atoms with van der Waals surface area (Å²) >= 11 is 0. The van der Waals surface area contributed by atoms with Crippen LogP contribution in [0.15, 0.2) is 61.1 Å². The average Bonchev–Trinajstić information content (AvgIpc) is 3.41. The number of anilines is 2. The molecule has 3 aromatic heterocycles. The lowest BCUT2D eigenvalue weighted by atomic mass is 9.90. The summed E-state index contributed by atoms with van der Waals surface area (Å²) in [7, 11) is 1.51. The lowest BCUT2D eigenvalue weighted by molar-refractivity contribution is -0.147. The van der Waals surface area contributed by atoms with Gasteiger partial charge in [0.2, 0.25) is 0 Å². The number of nitrogens with zero attached hydrogens (tertiary/aromatic N) is 6. The van der Waals surface area contributed by atoms with E-state index in [-0.39, 0.29) is 49.3 Å². The minimum atomic E-state index is -4.27. The van der Waals surface area contributed by atoms with Gasteiger partial charge in [-0.2, -0.15) is 18.3 Å². The molecule has 0 aliphatic carbocycles. The van der Waals surface area contributed by atoms with Gasteiger partial charge in [-0.1, -0.05) is 18.2 Å². The molecule has 1 aliphatic rings. The van der Waals surface area contributed by atoms with Crippen LogP contribution in [-0.4, -0.2) is 69.2 Å². The molecule has 14 heteroatoms. The van der Waals surface area contributed by atoms with Gasteiger partial charge in [-0.15, -0.1) is 0 Å². The van der Waals surface area contributed by atoms with E-state index in [1.54, 1.807) is 43.7 Å². The molecule has 9 nitrogen and oxygen atoms in total. The van der Waals surface area contributed by atoms with Gasteiger partial charge in [-0.3, -0.25) is 14.6 Å². The number of hydrogen-bond donors (Lipinski definition) is 1. The molecule has 1 saturated heterocycles. The first-order valence-corrected chi connectivity index (χ1v) is 15.1. The number of halogens is 5. The largest absolute Gasteiger partial charge is 0.494 e. The van der Waals surface area contributed by atoms with Crippen molar-refractivity contribution in [1.82, 2.24) is 29.6 Å². The molecule has 5 aromatic rings. The van der Waals surface area contributed by atoms with Gasteiger partial charge in [0.1, 0.15) is 28.9 Å². The molecule has 0 saturated carbocycles. The van der Waals surface area contributed by atoms with Crippen LogP contribution in [0.5, 0.6) is 11.5 Å². The van der Waals surface area contributed by atoms with Crippen molar-refractivity contribution in [3.05, 3.63) is 83.8 Å². The quantitative estimate of drug-likeness (QED) is 0.160. The maximum atomic E-state index is 15.0. The Balaban J connectivity index is 1.38. The Bertz CT molecular complexity index is 1850. The molecule has 1 aliphatic heterocycles. The standard InChI is InChI=1S/C33H32F5N7O2/c1-3-47-21-14-25(34)24(26(35)15-21)18-45-28-7-5-4-6-22(28)30(43-45)32-40-16-23(20-9-12-44(13-10-20)19-33(36,37)38)31(42-32)41-27-8-11-39-17-29(27)46-2/h4-8,11,14-17,20H,3,9-10,12-13,18-19H2,1-2H3,(H,39,40,41,42). The summed E-state index contributed by atoms with van der Waals surface area (Å²) < 4.78 is 81.4. The van der Waals surface area contributed by atoms with E-state index in [0.29, 0.717) is 46.7 Å². The Morgan fingerprint density at radius 3 is 2.47 bits per heavy atom. The molecule has 0 atom stereocenters. The molecule has 0 amide bonds. The van der Waals surface area contributed by atoms with E-state index >= 15 is 8.78 Å². The highest BCUT2D eigenvalue weighted by molar-refractivity contribution is 5.92. The number of hydrogen-bond acceptors (Lipinski definition) is 8. The van der Waals surface area contributed by atoms with Crippen molar-refractivity contribution in [3.63, 3.8) is 0 Å². The fraction of sp³-hybridized carbons (Fsp3) is 0.333. The number of piperidine rings is 1. The number of ether oxygens (including phenoxy) is 2. The first-order chi connectivity index (χ1) is 22.6. The molecule has 0 unspecified atom stereocenters. The van der Waals surface area contributed by atoms with E-state index in [4.69, 9.17) is 19.6 Å². The molecule has 0 bridgehead atoms. The third kappa shape index (κ3) is 7.12. The molecule has 1 fully saturated rings. The SMILES string of the molecule is CCOc1cc(F)c(Cn2nc(-c3ncc(C4CCN(CC(F)(F)F)CC4)c(Nc4ccncc4OC)n3)c3ccccc32)c(F)c1. The van der Waals surface area contributed by atoms with E-state index in [2.05, 4.69) is 15.3 Å². The van der Waals surface area contributed by atoms with Gasteiger partial charge in [0.25, 0.3) is 0 Å². The summed E-state index contributed by atoms with van der Waals surface area (Å²) in [5.41, 5.74) is 2.16. The van der Waals surface area contributed by atoms with Crippen LogP contribution in [0.3, 0.4) is 0 Å². The number of alkyl halides is 3. The van der Waals surface area contributed by atoms with Crippen molar-refractivity contribution < 1.29 is 31.4 Å². The number of likely N-dealkylation sites (tertiary alicyclic amines) is 1. The van der Waals surface area contributed by atoms with Crippen LogP contribution in [0.4, 0.5) is 33.5 Å². The third-order valence-electron chi connectivity index (χ3n) is 8.11. The highest BCUT2D eigenvalue weighted by Gasteiger charge is 2.33. The monoisotopic (exact) mass is 653 g/mol. The number of aromatic nitrogens is 5.